The lowest BCUT2D eigenvalue weighted by atomic mass is 9.95. The number of rotatable bonds is 4. The first-order valence-electron chi connectivity index (χ1n) is 6.15. The highest BCUT2D eigenvalue weighted by molar-refractivity contribution is 5.86. The topological polar surface area (TPSA) is 138 Å². The Morgan fingerprint density at radius 2 is 1.55 bits per heavy atom. The van der Waals surface area contributed by atoms with Gasteiger partial charge in [0, 0.05) is 5.56 Å². The van der Waals surface area contributed by atoms with Crippen LogP contribution in [0.1, 0.15) is 24.0 Å². The summed E-state index contributed by atoms with van der Waals surface area (Å²) in [6.07, 6.45) is -4.04. The van der Waals surface area contributed by atoms with Gasteiger partial charge in [-0.1, -0.05) is 0 Å². The number of halogens is 3. The second-order valence-electron chi connectivity index (χ2n) is 5.04. The van der Waals surface area contributed by atoms with Gasteiger partial charge in [-0.2, -0.15) is 13.2 Å². The number of anilines is 2. The number of hydrogen-bond acceptors (Lipinski definition) is 6. The summed E-state index contributed by atoms with van der Waals surface area (Å²) in [5.74, 6) is -0.139. The first-order chi connectivity index (χ1) is 10.1. The SMILES string of the molecule is Nc1c([N+](=O)[O-])c(N)c(C(F)(F)F)c(CC2CC2)c1[N+](=O)[O-]. The molecule has 0 radical (unpaired) electrons. The van der Waals surface area contributed by atoms with Gasteiger partial charge >= 0.3 is 17.6 Å². The number of hydrogen-bond donors (Lipinski definition) is 2. The van der Waals surface area contributed by atoms with Gasteiger partial charge < -0.3 is 11.5 Å². The standard InChI is InChI=1S/C11H11F3N4O4/c12-11(13,14)6-5(3-4-1-2-4)9(17(19)20)8(16)10(7(6)15)18(21)22/h4H,1-3,15-16H2. The molecule has 11 heteroatoms. The Labute approximate surface area is 121 Å². The molecule has 4 N–H and O–H groups in total. The van der Waals surface area contributed by atoms with Crippen LogP contribution in [0.5, 0.6) is 0 Å². The van der Waals surface area contributed by atoms with E-state index in [1.807, 2.05) is 0 Å². The highest BCUT2D eigenvalue weighted by Gasteiger charge is 2.46. The summed E-state index contributed by atoms with van der Waals surface area (Å²) < 4.78 is 39.7. The molecule has 0 aromatic heterocycles. The largest absolute Gasteiger partial charge is 0.419 e. The molecule has 2 rings (SSSR count). The van der Waals surface area contributed by atoms with Crippen LogP contribution in [0.2, 0.25) is 0 Å². The summed E-state index contributed by atoms with van der Waals surface area (Å²) in [7, 11) is 0. The van der Waals surface area contributed by atoms with Crippen molar-refractivity contribution >= 4 is 22.7 Å². The highest BCUT2D eigenvalue weighted by Crippen LogP contribution is 2.50. The molecule has 0 amide bonds. The molecule has 1 aromatic carbocycles. The van der Waals surface area contributed by atoms with Crippen molar-refractivity contribution in [2.45, 2.75) is 25.4 Å². The van der Waals surface area contributed by atoms with E-state index in [-0.39, 0.29) is 12.3 Å². The predicted octanol–water partition coefficient (Wildman–Crippen LogP) is 2.64. The Morgan fingerprint density at radius 3 is 1.91 bits per heavy atom. The third-order valence-corrected chi connectivity index (χ3v) is 3.46. The summed E-state index contributed by atoms with van der Waals surface area (Å²) in [6, 6.07) is 0. The smallest absolute Gasteiger partial charge is 0.393 e. The zero-order chi connectivity index (χ0) is 16.8. The minimum Gasteiger partial charge on any atom is -0.393 e. The van der Waals surface area contributed by atoms with E-state index in [0.29, 0.717) is 12.8 Å². The third-order valence-electron chi connectivity index (χ3n) is 3.46. The normalized spacial score (nSPS) is 14.9. The Balaban J connectivity index is 2.88. The van der Waals surface area contributed by atoms with Crippen molar-refractivity contribution in [1.29, 1.82) is 0 Å². The van der Waals surface area contributed by atoms with Crippen LogP contribution in [-0.4, -0.2) is 9.85 Å². The number of alkyl halides is 3. The number of nitrogen functional groups attached to an aromatic ring is 2. The predicted molar refractivity (Wildman–Crippen MR) is 70.0 cm³/mol. The molecular formula is C11H11F3N4O4. The van der Waals surface area contributed by atoms with Crippen LogP contribution in [0, 0.1) is 26.1 Å². The van der Waals surface area contributed by atoms with Crippen molar-refractivity contribution in [2.75, 3.05) is 11.5 Å². The Morgan fingerprint density at radius 1 is 1.05 bits per heavy atom. The van der Waals surface area contributed by atoms with Crippen molar-refractivity contribution in [1.82, 2.24) is 0 Å². The fourth-order valence-electron chi connectivity index (χ4n) is 2.36. The quantitative estimate of drug-likeness (QED) is 0.496. The van der Waals surface area contributed by atoms with Gasteiger partial charge in [0.05, 0.1) is 15.4 Å². The maximum Gasteiger partial charge on any atom is 0.419 e. The Hall–Kier alpha value is -2.59. The van der Waals surface area contributed by atoms with Gasteiger partial charge in [-0.05, 0) is 25.2 Å². The molecule has 120 valence electrons. The van der Waals surface area contributed by atoms with E-state index < -0.39 is 49.9 Å². The van der Waals surface area contributed by atoms with Crippen LogP contribution >= 0.6 is 0 Å². The minimum atomic E-state index is -5.06. The van der Waals surface area contributed by atoms with Crippen LogP contribution in [0.25, 0.3) is 0 Å². The van der Waals surface area contributed by atoms with Gasteiger partial charge in [-0.15, -0.1) is 0 Å². The van der Waals surface area contributed by atoms with Gasteiger partial charge in [-0.25, -0.2) is 0 Å². The minimum absolute atomic E-state index is 0.139. The second-order valence-corrected chi connectivity index (χ2v) is 5.04. The lowest BCUT2D eigenvalue weighted by Gasteiger charge is -2.17. The van der Waals surface area contributed by atoms with E-state index in [2.05, 4.69) is 0 Å². The average Bonchev–Trinajstić information content (AvgIpc) is 3.09. The highest BCUT2D eigenvalue weighted by atomic mass is 19.4. The lowest BCUT2D eigenvalue weighted by molar-refractivity contribution is -0.392. The van der Waals surface area contributed by atoms with Crippen molar-refractivity contribution in [3.8, 4) is 0 Å². The summed E-state index contributed by atoms with van der Waals surface area (Å²) in [6.45, 7) is 0. The molecule has 1 fully saturated rings. The Kier molecular flexibility index (Phi) is 3.59. The molecule has 1 saturated carbocycles. The Bertz CT molecular complexity index is 671. The maximum atomic E-state index is 13.2. The number of nitro groups is 2. The summed E-state index contributed by atoms with van der Waals surface area (Å²) in [5, 5.41) is 22.0. The van der Waals surface area contributed by atoms with Crippen LogP contribution in [0.4, 0.5) is 35.9 Å². The number of benzene rings is 1. The van der Waals surface area contributed by atoms with E-state index in [0.717, 1.165) is 0 Å². The summed E-state index contributed by atoms with van der Waals surface area (Å²) in [4.78, 5) is 19.6. The van der Waals surface area contributed by atoms with Crippen LogP contribution < -0.4 is 11.5 Å². The average molecular weight is 320 g/mol. The maximum absolute atomic E-state index is 13.2. The molecule has 0 heterocycles. The molecule has 22 heavy (non-hydrogen) atoms. The molecule has 0 spiro atoms. The van der Waals surface area contributed by atoms with Gasteiger partial charge in [0.2, 0.25) is 0 Å². The van der Waals surface area contributed by atoms with E-state index in [1.54, 1.807) is 0 Å². The van der Waals surface area contributed by atoms with Gasteiger partial charge in [0.1, 0.15) is 5.69 Å². The second kappa shape index (κ2) is 5.00. The van der Waals surface area contributed by atoms with Crippen LogP contribution in [0.3, 0.4) is 0 Å². The number of nitro benzene ring substituents is 2. The summed E-state index contributed by atoms with van der Waals surface area (Å²) >= 11 is 0. The van der Waals surface area contributed by atoms with E-state index >= 15 is 0 Å². The van der Waals surface area contributed by atoms with Crippen LogP contribution in [-0.2, 0) is 12.6 Å². The van der Waals surface area contributed by atoms with E-state index in [1.165, 1.54) is 0 Å². The van der Waals surface area contributed by atoms with E-state index in [4.69, 9.17) is 11.5 Å². The number of nitrogens with two attached hydrogens (primary N) is 2. The number of nitrogens with zero attached hydrogens (tertiary/aromatic N) is 2. The summed E-state index contributed by atoms with van der Waals surface area (Å²) in [5.41, 5.74) is 3.93. The van der Waals surface area contributed by atoms with Crippen molar-refractivity contribution in [3.63, 3.8) is 0 Å². The molecule has 0 unspecified atom stereocenters. The van der Waals surface area contributed by atoms with E-state index in [9.17, 15) is 33.4 Å². The van der Waals surface area contributed by atoms with Crippen molar-refractivity contribution in [2.24, 2.45) is 5.92 Å². The molecule has 0 aliphatic heterocycles. The zero-order valence-corrected chi connectivity index (χ0v) is 11.0. The lowest BCUT2D eigenvalue weighted by Crippen LogP contribution is -2.18. The fourth-order valence-corrected chi connectivity index (χ4v) is 2.36. The molecule has 1 aliphatic rings. The monoisotopic (exact) mass is 320 g/mol. The van der Waals surface area contributed by atoms with Crippen molar-refractivity contribution < 1.29 is 23.0 Å². The van der Waals surface area contributed by atoms with Gasteiger partial charge in [0.15, 0.2) is 5.69 Å². The van der Waals surface area contributed by atoms with Gasteiger partial charge in [0.25, 0.3) is 0 Å². The molecule has 1 aliphatic carbocycles. The molecule has 1 aromatic rings. The molecule has 8 nitrogen and oxygen atoms in total. The van der Waals surface area contributed by atoms with Crippen molar-refractivity contribution in [3.05, 3.63) is 31.4 Å². The zero-order valence-electron chi connectivity index (χ0n) is 11.0. The third kappa shape index (κ3) is 2.61. The molecule has 0 bridgehead atoms. The molecule has 0 saturated heterocycles. The van der Waals surface area contributed by atoms with Crippen LogP contribution in [0.15, 0.2) is 0 Å². The molecular weight excluding hydrogens is 309 g/mol. The first kappa shape index (κ1) is 15.8. The fraction of sp³-hybridized carbons (Fsp3) is 0.455. The first-order valence-corrected chi connectivity index (χ1v) is 6.15. The van der Waals surface area contributed by atoms with Gasteiger partial charge in [-0.3, -0.25) is 20.2 Å². The molecule has 0 atom stereocenters.